The van der Waals surface area contributed by atoms with E-state index in [9.17, 15) is 0 Å². The van der Waals surface area contributed by atoms with Gasteiger partial charge in [-0.2, -0.15) is 0 Å². The molecule has 0 heteroatoms. The van der Waals surface area contributed by atoms with Gasteiger partial charge in [-0.3, -0.25) is 0 Å². The van der Waals surface area contributed by atoms with Crippen LogP contribution in [0.2, 0.25) is 0 Å². The van der Waals surface area contributed by atoms with Crippen LogP contribution in [0.4, 0.5) is 0 Å². The van der Waals surface area contributed by atoms with Gasteiger partial charge in [-0.15, -0.1) is 0 Å². The lowest BCUT2D eigenvalue weighted by Gasteiger charge is -2.05. The summed E-state index contributed by atoms with van der Waals surface area (Å²) in [6, 6.07) is 8.34. The topological polar surface area (TPSA) is 0 Å². The smallest absolute Gasteiger partial charge is 0.0158 e. The lowest BCUT2D eigenvalue weighted by molar-refractivity contribution is 1.22. The van der Waals surface area contributed by atoms with Gasteiger partial charge < -0.3 is 0 Å². The second-order valence-electron chi connectivity index (χ2n) is 3.75. The lowest BCUT2D eigenvalue weighted by atomic mass is 10.0. The minimum absolute atomic E-state index is 1.08. The molecule has 0 aliphatic rings. The van der Waals surface area contributed by atoms with Crippen molar-refractivity contribution in [1.82, 2.24) is 0 Å². The van der Waals surface area contributed by atoms with Gasteiger partial charge >= 0.3 is 0 Å². The molecule has 0 nitrogen and oxygen atoms in total. The Bertz CT molecular complexity index is 377. The minimum atomic E-state index is 1.08. The zero-order valence-electron chi connectivity index (χ0n) is 11.5. The van der Waals surface area contributed by atoms with Crippen LogP contribution >= 0.6 is 0 Å². The van der Waals surface area contributed by atoms with Crippen LogP contribution in [0.3, 0.4) is 0 Å². The molecule has 1 rings (SSSR count). The van der Waals surface area contributed by atoms with E-state index in [1.165, 1.54) is 16.7 Å². The van der Waals surface area contributed by atoms with Crippen molar-refractivity contribution in [3.8, 4) is 0 Å². The van der Waals surface area contributed by atoms with E-state index in [4.69, 9.17) is 0 Å². The van der Waals surface area contributed by atoms with Crippen LogP contribution in [0.15, 0.2) is 49.1 Å². The molecule has 0 radical (unpaired) electrons. The Hall–Kier alpha value is -1.56. The molecule has 0 amide bonds. The normalized spacial score (nSPS) is 10.9. The van der Waals surface area contributed by atoms with Crippen molar-refractivity contribution >= 4 is 11.6 Å². The first-order valence-corrected chi connectivity index (χ1v) is 6.17. The molecule has 92 valence electrons. The maximum Gasteiger partial charge on any atom is -0.0158 e. The van der Waals surface area contributed by atoms with Gasteiger partial charge in [0.15, 0.2) is 0 Å². The monoisotopic (exact) mass is 228 g/mol. The number of rotatable bonds is 3. The van der Waals surface area contributed by atoms with Crippen molar-refractivity contribution in [2.75, 3.05) is 0 Å². The summed E-state index contributed by atoms with van der Waals surface area (Å²) in [5.41, 5.74) is 3.84. The van der Waals surface area contributed by atoms with E-state index in [1.54, 1.807) is 0 Å². The molecule has 0 aliphatic heterocycles. The zero-order valence-corrected chi connectivity index (χ0v) is 11.5. The van der Waals surface area contributed by atoms with Crippen LogP contribution in [0.1, 0.15) is 45.2 Å². The molecule has 0 unspecified atom stereocenters. The van der Waals surface area contributed by atoms with E-state index in [-0.39, 0.29) is 0 Å². The molecule has 0 bridgehead atoms. The molecular formula is C17H24. The standard InChI is InChI=1S/C13H16.C4H8/c1-4-8-11(3)13-10-7-6-9-12(13)5-2;1-3-4-2/h5-10H,2,4H2,1,3H3;3-4H,1-2H3/b11-8-;4-3-. The second-order valence-corrected chi connectivity index (χ2v) is 3.75. The summed E-state index contributed by atoms with van der Waals surface area (Å²) in [6.07, 6.45) is 9.22. The average Bonchev–Trinajstić information content (AvgIpc) is 2.39. The largest absolute Gasteiger partial charge is 0.0984 e. The van der Waals surface area contributed by atoms with Gasteiger partial charge in [0.2, 0.25) is 0 Å². The Morgan fingerprint density at radius 1 is 1.18 bits per heavy atom. The molecule has 1 aromatic rings. The summed E-state index contributed by atoms with van der Waals surface area (Å²) in [4.78, 5) is 0. The highest BCUT2D eigenvalue weighted by Gasteiger charge is 1.98. The molecule has 1 aromatic carbocycles. The summed E-state index contributed by atoms with van der Waals surface area (Å²) in [6.45, 7) is 12.1. The fourth-order valence-electron chi connectivity index (χ4n) is 1.45. The third-order valence-corrected chi connectivity index (χ3v) is 2.45. The predicted molar refractivity (Wildman–Crippen MR) is 81.0 cm³/mol. The predicted octanol–water partition coefficient (Wildman–Crippen LogP) is 5.73. The first-order valence-electron chi connectivity index (χ1n) is 6.17. The molecule has 0 saturated carbocycles. The van der Waals surface area contributed by atoms with Crippen molar-refractivity contribution in [3.63, 3.8) is 0 Å². The van der Waals surface area contributed by atoms with Crippen LogP contribution in [-0.2, 0) is 0 Å². The average molecular weight is 228 g/mol. The van der Waals surface area contributed by atoms with E-state index in [0.29, 0.717) is 0 Å². The van der Waals surface area contributed by atoms with E-state index in [1.807, 2.05) is 38.1 Å². The Balaban J connectivity index is 0.000000557. The maximum absolute atomic E-state index is 3.81. The van der Waals surface area contributed by atoms with Crippen LogP contribution in [0.5, 0.6) is 0 Å². The molecule has 0 fully saturated rings. The van der Waals surface area contributed by atoms with Crippen LogP contribution in [-0.4, -0.2) is 0 Å². The van der Waals surface area contributed by atoms with Crippen molar-refractivity contribution in [3.05, 3.63) is 60.2 Å². The highest BCUT2D eigenvalue weighted by Crippen LogP contribution is 2.19. The van der Waals surface area contributed by atoms with Gasteiger partial charge in [0.25, 0.3) is 0 Å². The SMILES string of the molecule is C/C=C\C.C=Cc1ccccc1/C(C)=C\CC. The molecular weight excluding hydrogens is 204 g/mol. The van der Waals surface area contributed by atoms with E-state index < -0.39 is 0 Å². The van der Waals surface area contributed by atoms with Gasteiger partial charge in [0, 0.05) is 0 Å². The highest BCUT2D eigenvalue weighted by atomic mass is 14.0. The number of hydrogen-bond acceptors (Lipinski definition) is 0. The minimum Gasteiger partial charge on any atom is -0.0984 e. The zero-order chi connectivity index (χ0) is 13.1. The highest BCUT2D eigenvalue weighted by molar-refractivity contribution is 5.72. The lowest BCUT2D eigenvalue weighted by Crippen LogP contribution is -1.84. The summed E-state index contributed by atoms with van der Waals surface area (Å²) >= 11 is 0. The maximum atomic E-state index is 3.81. The van der Waals surface area contributed by atoms with Crippen molar-refractivity contribution in [2.24, 2.45) is 0 Å². The summed E-state index contributed by atoms with van der Waals surface area (Å²) in [5, 5.41) is 0. The Morgan fingerprint density at radius 2 is 1.76 bits per heavy atom. The first-order chi connectivity index (χ1) is 8.21. The summed E-state index contributed by atoms with van der Waals surface area (Å²) in [5.74, 6) is 0. The van der Waals surface area contributed by atoms with Crippen molar-refractivity contribution in [2.45, 2.75) is 34.1 Å². The molecule has 0 aromatic heterocycles. The van der Waals surface area contributed by atoms with Gasteiger partial charge in [0.05, 0.1) is 0 Å². The number of benzene rings is 1. The van der Waals surface area contributed by atoms with Crippen LogP contribution in [0, 0.1) is 0 Å². The number of hydrogen-bond donors (Lipinski definition) is 0. The summed E-state index contributed by atoms with van der Waals surface area (Å²) in [7, 11) is 0. The van der Waals surface area contributed by atoms with Crippen LogP contribution in [0.25, 0.3) is 11.6 Å². The molecule has 17 heavy (non-hydrogen) atoms. The molecule has 0 spiro atoms. The second kappa shape index (κ2) is 9.65. The third-order valence-electron chi connectivity index (χ3n) is 2.45. The third kappa shape index (κ3) is 5.91. The first kappa shape index (κ1) is 15.4. The van der Waals surface area contributed by atoms with E-state index in [0.717, 1.165) is 6.42 Å². The van der Waals surface area contributed by atoms with E-state index >= 15 is 0 Å². The molecule has 0 aliphatic carbocycles. The van der Waals surface area contributed by atoms with Crippen LogP contribution < -0.4 is 0 Å². The number of allylic oxidation sites excluding steroid dienone is 4. The Morgan fingerprint density at radius 3 is 2.24 bits per heavy atom. The molecule has 0 N–H and O–H groups in total. The fraction of sp³-hybridized carbons (Fsp3) is 0.294. The van der Waals surface area contributed by atoms with E-state index in [2.05, 4.69) is 44.7 Å². The van der Waals surface area contributed by atoms with Gasteiger partial charge in [-0.1, -0.05) is 62.1 Å². The molecule has 0 atom stereocenters. The quantitative estimate of drug-likeness (QED) is 0.580. The van der Waals surface area contributed by atoms with Gasteiger partial charge in [-0.05, 0) is 43.9 Å². The summed E-state index contributed by atoms with van der Waals surface area (Å²) < 4.78 is 0. The van der Waals surface area contributed by atoms with Gasteiger partial charge in [0.1, 0.15) is 0 Å². The fourth-order valence-corrected chi connectivity index (χ4v) is 1.45. The Kier molecular flexibility index (Phi) is 8.77. The van der Waals surface area contributed by atoms with Crippen molar-refractivity contribution in [1.29, 1.82) is 0 Å². The van der Waals surface area contributed by atoms with Crippen molar-refractivity contribution < 1.29 is 0 Å². The molecule has 0 heterocycles. The Labute approximate surface area is 106 Å². The van der Waals surface area contributed by atoms with Gasteiger partial charge in [-0.25, -0.2) is 0 Å². The molecule has 0 saturated heterocycles.